The van der Waals surface area contributed by atoms with Gasteiger partial charge in [-0.15, -0.1) is 0 Å². The molecule has 1 aliphatic rings. The number of fused-ring (bicyclic) bond motifs is 1. The first-order valence-electron chi connectivity index (χ1n) is 9.13. The first-order chi connectivity index (χ1) is 14.0. The zero-order chi connectivity index (χ0) is 20.4. The Morgan fingerprint density at radius 2 is 2.00 bits per heavy atom. The Morgan fingerprint density at radius 1 is 1.17 bits per heavy atom. The second-order valence-electron chi connectivity index (χ2n) is 6.82. The number of carbonyl (C=O) groups excluding carboxylic acids is 2. The minimum atomic E-state index is -0.350. The van der Waals surface area contributed by atoms with Gasteiger partial charge in [-0.1, -0.05) is 29.8 Å². The van der Waals surface area contributed by atoms with Gasteiger partial charge in [-0.25, -0.2) is 9.97 Å². The summed E-state index contributed by atoms with van der Waals surface area (Å²) in [7, 11) is 1.54. The Bertz CT molecular complexity index is 1100. The molecular weight excluding hydrogens is 390 g/mol. The number of Topliss-reactive ketones (excluding diaryl/α,β-unsaturated/α-hetero) is 1. The SMILES string of the molecule is COc1cccc(C(=O)Nc2ncc3c(n2)C[C@H](c2cccc(Cl)c2)CC3=O)c1. The van der Waals surface area contributed by atoms with Crippen molar-refractivity contribution >= 4 is 29.2 Å². The number of benzene rings is 2. The van der Waals surface area contributed by atoms with Gasteiger partial charge < -0.3 is 4.74 Å². The average molecular weight is 408 g/mol. The van der Waals surface area contributed by atoms with Crippen LogP contribution in [0.25, 0.3) is 0 Å². The Morgan fingerprint density at radius 3 is 2.79 bits per heavy atom. The predicted molar refractivity (Wildman–Crippen MR) is 110 cm³/mol. The van der Waals surface area contributed by atoms with Crippen LogP contribution in [0, 0.1) is 0 Å². The number of nitrogens with one attached hydrogen (secondary N) is 1. The van der Waals surface area contributed by atoms with E-state index in [0.717, 1.165) is 5.56 Å². The van der Waals surface area contributed by atoms with Crippen LogP contribution in [0.5, 0.6) is 5.75 Å². The highest BCUT2D eigenvalue weighted by Gasteiger charge is 2.28. The minimum Gasteiger partial charge on any atom is -0.497 e. The van der Waals surface area contributed by atoms with Crippen LogP contribution >= 0.6 is 11.6 Å². The summed E-state index contributed by atoms with van der Waals surface area (Å²) in [5.41, 5.74) is 2.56. The van der Waals surface area contributed by atoms with E-state index in [2.05, 4.69) is 15.3 Å². The fraction of sp³-hybridized carbons (Fsp3) is 0.182. The number of ether oxygens (including phenoxy) is 1. The van der Waals surface area contributed by atoms with E-state index in [9.17, 15) is 9.59 Å². The molecule has 1 heterocycles. The molecule has 0 fully saturated rings. The lowest BCUT2D eigenvalue weighted by Gasteiger charge is -2.23. The highest BCUT2D eigenvalue weighted by atomic mass is 35.5. The number of amides is 1. The van der Waals surface area contributed by atoms with Crippen LogP contribution in [0.4, 0.5) is 5.95 Å². The Labute approximate surface area is 172 Å². The molecule has 1 amide bonds. The smallest absolute Gasteiger partial charge is 0.258 e. The minimum absolute atomic E-state index is 0.00876. The first-order valence-corrected chi connectivity index (χ1v) is 9.51. The number of hydrogen-bond donors (Lipinski definition) is 1. The molecular formula is C22H18ClN3O3. The lowest BCUT2D eigenvalue weighted by molar-refractivity contribution is 0.0962. The van der Waals surface area contributed by atoms with Crippen molar-refractivity contribution in [2.45, 2.75) is 18.8 Å². The van der Waals surface area contributed by atoms with Crippen LogP contribution in [-0.4, -0.2) is 28.8 Å². The van der Waals surface area contributed by atoms with Crippen molar-refractivity contribution in [3.8, 4) is 5.75 Å². The van der Waals surface area contributed by atoms with E-state index in [1.54, 1.807) is 30.3 Å². The number of ketones is 1. The largest absolute Gasteiger partial charge is 0.497 e. The molecule has 1 aromatic heterocycles. The zero-order valence-electron chi connectivity index (χ0n) is 15.7. The molecule has 29 heavy (non-hydrogen) atoms. The van der Waals surface area contributed by atoms with Gasteiger partial charge in [-0.05, 0) is 48.2 Å². The molecule has 2 aromatic carbocycles. The lowest BCUT2D eigenvalue weighted by atomic mass is 9.82. The Balaban J connectivity index is 1.57. The summed E-state index contributed by atoms with van der Waals surface area (Å²) < 4.78 is 5.15. The number of anilines is 1. The van der Waals surface area contributed by atoms with Gasteiger partial charge in [0.25, 0.3) is 5.91 Å². The number of aromatic nitrogens is 2. The molecule has 3 aromatic rings. The topological polar surface area (TPSA) is 81.2 Å². The van der Waals surface area contributed by atoms with Gasteiger partial charge in [0.2, 0.25) is 5.95 Å². The second kappa shape index (κ2) is 8.01. The maximum atomic E-state index is 12.6. The molecule has 6 nitrogen and oxygen atoms in total. The van der Waals surface area contributed by atoms with Gasteiger partial charge in [-0.2, -0.15) is 0 Å². The fourth-order valence-electron chi connectivity index (χ4n) is 3.44. The molecule has 0 radical (unpaired) electrons. The number of carbonyl (C=O) groups is 2. The highest BCUT2D eigenvalue weighted by molar-refractivity contribution is 6.30. The van der Waals surface area contributed by atoms with Crippen molar-refractivity contribution in [2.24, 2.45) is 0 Å². The van der Waals surface area contributed by atoms with E-state index in [4.69, 9.17) is 16.3 Å². The molecule has 1 aliphatic carbocycles. The zero-order valence-corrected chi connectivity index (χ0v) is 16.4. The maximum Gasteiger partial charge on any atom is 0.258 e. The van der Waals surface area contributed by atoms with Crippen molar-refractivity contribution in [3.63, 3.8) is 0 Å². The summed E-state index contributed by atoms with van der Waals surface area (Å²) in [5, 5.41) is 3.32. The highest BCUT2D eigenvalue weighted by Crippen LogP contribution is 2.33. The predicted octanol–water partition coefficient (Wildman–Crippen LogP) is 4.30. The van der Waals surface area contributed by atoms with Crippen LogP contribution in [0.3, 0.4) is 0 Å². The Hall–Kier alpha value is -3.25. The summed E-state index contributed by atoms with van der Waals surface area (Å²) in [5.74, 6) is 0.375. The van der Waals surface area contributed by atoms with Gasteiger partial charge in [-0.3, -0.25) is 14.9 Å². The Kier molecular flexibility index (Phi) is 5.27. The van der Waals surface area contributed by atoms with Crippen LogP contribution in [0.15, 0.2) is 54.7 Å². The third-order valence-electron chi connectivity index (χ3n) is 4.92. The summed E-state index contributed by atoms with van der Waals surface area (Å²) in [6.45, 7) is 0. The maximum absolute atomic E-state index is 12.6. The number of hydrogen-bond acceptors (Lipinski definition) is 5. The van der Waals surface area contributed by atoms with Crippen molar-refractivity contribution in [3.05, 3.63) is 82.1 Å². The van der Waals surface area contributed by atoms with E-state index in [1.807, 2.05) is 18.2 Å². The molecule has 0 unspecified atom stereocenters. The van der Waals surface area contributed by atoms with Crippen LogP contribution < -0.4 is 10.1 Å². The lowest BCUT2D eigenvalue weighted by Crippen LogP contribution is -2.22. The van der Waals surface area contributed by atoms with Crippen LogP contribution in [-0.2, 0) is 6.42 Å². The number of halogens is 1. The molecule has 1 atom stereocenters. The molecule has 1 N–H and O–H groups in total. The molecule has 7 heteroatoms. The van der Waals surface area contributed by atoms with Gasteiger partial charge in [0.05, 0.1) is 18.4 Å². The van der Waals surface area contributed by atoms with Crippen LogP contribution in [0.1, 0.15) is 44.3 Å². The normalized spacial score (nSPS) is 15.5. The van der Waals surface area contributed by atoms with E-state index in [1.165, 1.54) is 13.3 Å². The quantitative estimate of drug-likeness (QED) is 0.697. The monoisotopic (exact) mass is 407 g/mol. The summed E-state index contributed by atoms with van der Waals surface area (Å²) in [4.78, 5) is 33.7. The van der Waals surface area contributed by atoms with Gasteiger partial charge in [0.1, 0.15) is 5.75 Å². The van der Waals surface area contributed by atoms with E-state index < -0.39 is 0 Å². The summed E-state index contributed by atoms with van der Waals surface area (Å²) in [6, 6.07) is 14.3. The number of rotatable bonds is 4. The number of nitrogens with zero attached hydrogens (tertiary/aromatic N) is 2. The summed E-state index contributed by atoms with van der Waals surface area (Å²) in [6.07, 6.45) is 2.44. The van der Waals surface area contributed by atoms with Gasteiger partial charge in [0, 0.05) is 23.2 Å². The standard InChI is InChI=1S/C22H18ClN3O3/c1-29-17-7-3-5-14(9-17)21(28)26-22-24-12-18-19(25-22)10-15(11-20(18)27)13-4-2-6-16(23)8-13/h2-9,12,15H,10-11H2,1H3,(H,24,25,26,28)/t15-/m0/s1. The molecule has 0 saturated heterocycles. The molecule has 146 valence electrons. The molecule has 0 saturated carbocycles. The van der Waals surface area contributed by atoms with Crippen molar-refractivity contribution in [2.75, 3.05) is 12.4 Å². The molecule has 4 rings (SSSR count). The van der Waals surface area contributed by atoms with Crippen molar-refractivity contribution < 1.29 is 14.3 Å². The third kappa shape index (κ3) is 4.12. The van der Waals surface area contributed by atoms with Gasteiger partial charge >= 0.3 is 0 Å². The van der Waals surface area contributed by atoms with Crippen molar-refractivity contribution in [1.82, 2.24) is 9.97 Å². The second-order valence-corrected chi connectivity index (χ2v) is 7.26. The van der Waals surface area contributed by atoms with E-state index >= 15 is 0 Å². The molecule has 0 spiro atoms. The molecule has 0 aliphatic heterocycles. The molecule has 0 bridgehead atoms. The van der Waals surface area contributed by atoms with E-state index in [-0.39, 0.29) is 23.6 Å². The van der Waals surface area contributed by atoms with Crippen molar-refractivity contribution in [1.29, 1.82) is 0 Å². The third-order valence-corrected chi connectivity index (χ3v) is 5.15. The van der Waals surface area contributed by atoms with Crippen LogP contribution in [0.2, 0.25) is 5.02 Å². The first kappa shape index (κ1) is 19.1. The van der Waals surface area contributed by atoms with Gasteiger partial charge in [0.15, 0.2) is 5.78 Å². The summed E-state index contributed by atoms with van der Waals surface area (Å²) >= 11 is 6.10. The fourth-order valence-corrected chi connectivity index (χ4v) is 3.64. The van der Waals surface area contributed by atoms with E-state index in [0.29, 0.717) is 40.4 Å². The number of methoxy groups -OCH3 is 1. The average Bonchev–Trinajstić information content (AvgIpc) is 2.73.